The van der Waals surface area contributed by atoms with Gasteiger partial charge in [0.25, 0.3) is 0 Å². The number of benzene rings is 2. The second-order valence-corrected chi connectivity index (χ2v) is 5.34. The lowest BCUT2D eigenvalue weighted by Crippen LogP contribution is -2.35. The number of carbonyl (C=O) groups excluding carboxylic acids is 2. The molecular weight excluding hydrogens is 360 g/mol. The van der Waals surface area contributed by atoms with E-state index in [1.54, 1.807) is 24.3 Å². The van der Waals surface area contributed by atoms with Crippen molar-refractivity contribution in [3.05, 3.63) is 59.7 Å². The molecule has 0 bridgehead atoms. The summed E-state index contributed by atoms with van der Waals surface area (Å²) in [6.07, 6.45) is 2.80. The summed E-state index contributed by atoms with van der Waals surface area (Å²) in [4.78, 5) is 23.6. The summed E-state index contributed by atoms with van der Waals surface area (Å²) in [6.45, 7) is 4.74. The van der Waals surface area contributed by atoms with E-state index < -0.39 is 11.8 Å². The molecule has 0 fully saturated rings. The van der Waals surface area contributed by atoms with Crippen LogP contribution in [0.2, 0.25) is 0 Å². The topological polar surface area (TPSA) is 101 Å². The van der Waals surface area contributed by atoms with E-state index in [0.29, 0.717) is 35.8 Å². The average molecular weight is 382 g/mol. The van der Waals surface area contributed by atoms with Gasteiger partial charge in [-0.25, -0.2) is 10.9 Å². The maximum absolute atomic E-state index is 11.8. The van der Waals surface area contributed by atoms with Gasteiger partial charge in [0.1, 0.15) is 11.5 Å². The minimum Gasteiger partial charge on any atom is -0.493 e. The van der Waals surface area contributed by atoms with Crippen molar-refractivity contribution in [1.82, 2.24) is 10.9 Å². The molecule has 2 rings (SSSR count). The van der Waals surface area contributed by atoms with E-state index in [2.05, 4.69) is 21.1 Å². The van der Waals surface area contributed by atoms with E-state index in [1.165, 1.54) is 12.4 Å². The van der Waals surface area contributed by atoms with E-state index in [1.807, 2.05) is 38.1 Å². The summed E-state index contributed by atoms with van der Waals surface area (Å²) < 4.78 is 10.9. The summed E-state index contributed by atoms with van der Waals surface area (Å²) >= 11 is 0. The highest BCUT2D eigenvalue weighted by molar-refractivity contribution is 6.35. The molecule has 8 nitrogen and oxygen atoms in total. The standard InChI is InChI=1S/C20H22N4O4/c1-3-27-17-11-7-5-9-15(17)13-21-23-19(25)20(26)24-22-14-16-10-6-8-12-18(16)28-4-2/h5-14H,3-4H2,1-2H3,(H,23,25)(H,24,26)/b21-13-,22-14-. The van der Waals surface area contributed by atoms with Gasteiger partial charge in [-0.3, -0.25) is 9.59 Å². The van der Waals surface area contributed by atoms with Gasteiger partial charge < -0.3 is 9.47 Å². The monoisotopic (exact) mass is 382 g/mol. The fourth-order valence-corrected chi connectivity index (χ4v) is 2.17. The van der Waals surface area contributed by atoms with Crippen LogP contribution in [0, 0.1) is 0 Å². The first-order chi connectivity index (χ1) is 13.7. The smallest absolute Gasteiger partial charge is 0.331 e. The van der Waals surface area contributed by atoms with Crippen LogP contribution in [-0.2, 0) is 9.59 Å². The minimum atomic E-state index is -0.944. The van der Waals surface area contributed by atoms with Gasteiger partial charge in [0.05, 0.1) is 25.6 Å². The molecule has 0 heterocycles. The van der Waals surface area contributed by atoms with Crippen molar-refractivity contribution in [3.8, 4) is 11.5 Å². The Kier molecular flexibility index (Phi) is 8.19. The summed E-state index contributed by atoms with van der Waals surface area (Å²) in [5, 5.41) is 7.55. The Morgan fingerprint density at radius 3 is 1.57 bits per heavy atom. The number of hydrogen-bond donors (Lipinski definition) is 2. The molecule has 0 radical (unpaired) electrons. The summed E-state index contributed by atoms with van der Waals surface area (Å²) in [7, 11) is 0. The average Bonchev–Trinajstić information content (AvgIpc) is 2.70. The van der Waals surface area contributed by atoms with Crippen LogP contribution in [0.1, 0.15) is 25.0 Å². The number of carbonyl (C=O) groups is 2. The molecule has 0 aliphatic rings. The molecule has 2 N–H and O–H groups in total. The predicted molar refractivity (Wildman–Crippen MR) is 107 cm³/mol. The zero-order chi connectivity index (χ0) is 20.2. The Hall–Kier alpha value is -3.68. The SMILES string of the molecule is CCOc1ccccc1/C=N\NC(=O)C(=O)N/N=C\c1ccccc1OCC. The molecule has 2 aromatic carbocycles. The third-order valence-electron chi connectivity index (χ3n) is 3.38. The van der Waals surface area contributed by atoms with E-state index in [-0.39, 0.29) is 0 Å². The van der Waals surface area contributed by atoms with Crippen LogP contribution in [0.5, 0.6) is 11.5 Å². The van der Waals surface area contributed by atoms with Crippen molar-refractivity contribution in [2.24, 2.45) is 10.2 Å². The molecule has 0 spiro atoms. The summed E-state index contributed by atoms with van der Waals surface area (Å²) in [6, 6.07) is 14.4. The fourth-order valence-electron chi connectivity index (χ4n) is 2.17. The number of rotatable bonds is 8. The lowest BCUT2D eigenvalue weighted by Gasteiger charge is -2.06. The highest BCUT2D eigenvalue weighted by atomic mass is 16.5. The molecule has 146 valence electrons. The quantitative estimate of drug-likeness (QED) is 0.415. The van der Waals surface area contributed by atoms with Gasteiger partial charge in [-0.1, -0.05) is 24.3 Å². The molecule has 28 heavy (non-hydrogen) atoms. The molecule has 0 saturated heterocycles. The van der Waals surface area contributed by atoms with Crippen LogP contribution in [0.15, 0.2) is 58.7 Å². The van der Waals surface area contributed by atoms with Crippen molar-refractivity contribution < 1.29 is 19.1 Å². The third-order valence-corrected chi connectivity index (χ3v) is 3.38. The Balaban J connectivity index is 1.89. The fraction of sp³-hybridized carbons (Fsp3) is 0.200. The number of amides is 2. The lowest BCUT2D eigenvalue weighted by molar-refractivity contribution is -0.139. The Bertz CT molecular complexity index is 793. The summed E-state index contributed by atoms with van der Waals surface area (Å²) in [5.41, 5.74) is 5.64. The van der Waals surface area contributed by atoms with Gasteiger partial charge in [-0.05, 0) is 38.1 Å². The Morgan fingerprint density at radius 2 is 1.18 bits per heavy atom. The van der Waals surface area contributed by atoms with Gasteiger partial charge in [0.2, 0.25) is 0 Å². The molecular formula is C20H22N4O4. The van der Waals surface area contributed by atoms with Crippen LogP contribution in [-0.4, -0.2) is 37.5 Å². The van der Waals surface area contributed by atoms with Crippen LogP contribution in [0.4, 0.5) is 0 Å². The minimum absolute atomic E-state index is 0.504. The number of para-hydroxylation sites is 2. The van der Waals surface area contributed by atoms with Crippen LogP contribution in [0.3, 0.4) is 0 Å². The number of hydrogen-bond acceptors (Lipinski definition) is 6. The van der Waals surface area contributed by atoms with Gasteiger partial charge in [0.15, 0.2) is 0 Å². The van der Waals surface area contributed by atoms with E-state index in [9.17, 15) is 9.59 Å². The van der Waals surface area contributed by atoms with Gasteiger partial charge in [-0.2, -0.15) is 10.2 Å². The predicted octanol–water partition coefficient (Wildman–Crippen LogP) is 2.08. The second-order valence-electron chi connectivity index (χ2n) is 5.34. The molecule has 0 aliphatic heterocycles. The molecule has 8 heteroatoms. The van der Waals surface area contributed by atoms with Crippen molar-refractivity contribution >= 4 is 24.2 Å². The van der Waals surface area contributed by atoms with Gasteiger partial charge >= 0.3 is 11.8 Å². The first-order valence-corrected chi connectivity index (χ1v) is 8.75. The van der Waals surface area contributed by atoms with Crippen LogP contribution in [0.25, 0.3) is 0 Å². The third kappa shape index (κ3) is 6.24. The number of ether oxygens (including phenoxy) is 2. The van der Waals surface area contributed by atoms with Crippen LogP contribution < -0.4 is 20.3 Å². The van der Waals surface area contributed by atoms with Gasteiger partial charge in [0, 0.05) is 11.1 Å². The molecule has 0 saturated carbocycles. The zero-order valence-corrected chi connectivity index (χ0v) is 15.7. The number of nitrogens with zero attached hydrogens (tertiary/aromatic N) is 2. The molecule has 0 unspecified atom stereocenters. The molecule has 0 aliphatic carbocycles. The van der Waals surface area contributed by atoms with Crippen LogP contribution >= 0.6 is 0 Å². The van der Waals surface area contributed by atoms with Gasteiger partial charge in [-0.15, -0.1) is 0 Å². The first-order valence-electron chi connectivity index (χ1n) is 8.75. The van der Waals surface area contributed by atoms with Crippen molar-refractivity contribution in [1.29, 1.82) is 0 Å². The highest BCUT2D eigenvalue weighted by Gasteiger charge is 2.11. The van der Waals surface area contributed by atoms with Crippen molar-refractivity contribution in [2.75, 3.05) is 13.2 Å². The second kappa shape index (κ2) is 11.1. The molecule has 2 aromatic rings. The van der Waals surface area contributed by atoms with Crippen molar-refractivity contribution in [3.63, 3.8) is 0 Å². The summed E-state index contributed by atoms with van der Waals surface area (Å²) in [5.74, 6) is -0.629. The van der Waals surface area contributed by atoms with E-state index >= 15 is 0 Å². The molecule has 2 amide bonds. The molecule has 0 atom stereocenters. The molecule has 0 aromatic heterocycles. The maximum Gasteiger partial charge on any atom is 0.331 e. The Morgan fingerprint density at radius 1 is 0.786 bits per heavy atom. The first kappa shape index (κ1) is 20.6. The van der Waals surface area contributed by atoms with E-state index in [4.69, 9.17) is 9.47 Å². The number of hydrazone groups is 2. The lowest BCUT2D eigenvalue weighted by atomic mass is 10.2. The largest absolute Gasteiger partial charge is 0.493 e. The Labute approximate surface area is 163 Å². The highest BCUT2D eigenvalue weighted by Crippen LogP contribution is 2.16. The zero-order valence-electron chi connectivity index (χ0n) is 15.7. The van der Waals surface area contributed by atoms with Crippen molar-refractivity contribution in [2.45, 2.75) is 13.8 Å². The maximum atomic E-state index is 11.8. The number of nitrogens with one attached hydrogen (secondary N) is 2. The van der Waals surface area contributed by atoms with E-state index in [0.717, 1.165) is 0 Å². The normalized spacial score (nSPS) is 10.8.